The Hall–Kier alpha value is -2.60. The van der Waals surface area contributed by atoms with Gasteiger partial charge in [-0.2, -0.15) is 0 Å². The van der Waals surface area contributed by atoms with Gasteiger partial charge in [0.05, 0.1) is 31.1 Å². The first-order valence-corrected chi connectivity index (χ1v) is 8.17. The van der Waals surface area contributed by atoms with Gasteiger partial charge < -0.3 is 19.2 Å². The van der Waals surface area contributed by atoms with Crippen LogP contribution in [0, 0.1) is 0 Å². The Labute approximate surface area is 147 Å². The lowest BCUT2D eigenvalue weighted by molar-refractivity contribution is -0.129. The lowest BCUT2D eigenvalue weighted by Crippen LogP contribution is -2.35. The largest absolute Gasteiger partial charge is 0.467 e. The highest BCUT2D eigenvalue weighted by molar-refractivity contribution is 5.92. The summed E-state index contributed by atoms with van der Waals surface area (Å²) in [6.45, 7) is 6.19. The minimum absolute atomic E-state index is 0.144. The SMILES string of the molecule is CC(C)OCc1ccc(C(=O)O[C@H](C)C(=O)NCc2ccco2)cc1. The predicted octanol–water partition coefficient (Wildman–Crippen LogP) is 3.07. The molecule has 1 aromatic carbocycles. The lowest BCUT2D eigenvalue weighted by atomic mass is 10.1. The van der Waals surface area contributed by atoms with Gasteiger partial charge in [0.2, 0.25) is 0 Å². The van der Waals surface area contributed by atoms with E-state index in [4.69, 9.17) is 13.9 Å². The van der Waals surface area contributed by atoms with Gasteiger partial charge in [-0.3, -0.25) is 4.79 Å². The number of hydrogen-bond acceptors (Lipinski definition) is 5. The van der Waals surface area contributed by atoms with Gasteiger partial charge in [0.1, 0.15) is 5.76 Å². The second-order valence-electron chi connectivity index (χ2n) is 5.90. The van der Waals surface area contributed by atoms with Crippen LogP contribution >= 0.6 is 0 Å². The van der Waals surface area contributed by atoms with Gasteiger partial charge in [0, 0.05) is 0 Å². The quantitative estimate of drug-likeness (QED) is 0.744. The van der Waals surface area contributed by atoms with Crippen LogP contribution in [0.25, 0.3) is 0 Å². The number of furan rings is 1. The van der Waals surface area contributed by atoms with Gasteiger partial charge in [-0.25, -0.2) is 4.79 Å². The number of nitrogens with one attached hydrogen (secondary N) is 1. The number of benzene rings is 1. The van der Waals surface area contributed by atoms with Crippen LogP contribution in [0.3, 0.4) is 0 Å². The molecule has 0 fully saturated rings. The maximum absolute atomic E-state index is 12.1. The summed E-state index contributed by atoms with van der Waals surface area (Å²) in [4.78, 5) is 24.1. The molecule has 1 amide bonds. The standard InChI is InChI=1S/C19H23NO5/c1-13(2)24-12-15-6-8-16(9-7-15)19(22)25-14(3)18(21)20-11-17-5-4-10-23-17/h4-10,13-14H,11-12H2,1-3H3,(H,20,21)/t14-/m1/s1. The van der Waals surface area contributed by atoms with Crippen molar-refractivity contribution in [2.45, 2.75) is 46.1 Å². The molecule has 2 rings (SSSR count). The topological polar surface area (TPSA) is 77.8 Å². The third kappa shape index (κ3) is 6.08. The highest BCUT2D eigenvalue weighted by Gasteiger charge is 2.19. The summed E-state index contributed by atoms with van der Waals surface area (Å²) in [5, 5.41) is 2.65. The fraction of sp³-hybridized carbons (Fsp3) is 0.368. The molecule has 0 aliphatic heterocycles. The van der Waals surface area contributed by atoms with Gasteiger partial charge in [0.25, 0.3) is 5.91 Å². The highest BCUT2D eigenvalue weighted by atomic mass is 16.5. The molecule has 6 heteroatoms. The third-order valence-corrected chi connectivity index (χ3v) is 3.44. The maximum atomic E-state index is 12.1. The Bertz CT molecular complexity index is 676. The number of carbonyl (C=O) groups is 2. The molecule has 0 radical (unpaired) electrons. The molecular weight excluding hydrogens is 322 g/mol. The maximum Gasteiger partial charge on any atom is 0.338 e. The summed E-state index contributed by atoms with van der Waals surface area (Å²) in [7, 11) is 0. The fourth-order valence-corrected chi connectivity index (χ4v) is 2.01. The minimum Gasteiger partial charge on any atom is -0.467 e. The summed E-state index contributed by atoms with van der Waals surface area (Å²) < 4.78 is 15.8. The van der Waals surface area contributed by atoms with Crippen molar-refractivity contribution >= 4 is 11.9 Å². The summed E-state index contributed by atoms with van der Waals surface area (Å²) >= 11 is 0. The first-order valence-electron chi connectivity index (χ1n) is 8.17. The van der Waals surface area contributed by atoms with Crippen molar-refractivity contribution in [2.24, 2.45) is 0 Å². The van der Waals surface area contributed by atoms with Crippen LogP contribution in [-0.4, -0.2) is 24.1 Å². The summed E-state index contributed by atoms with van der Waals surface area (Å²) in [6, 6.07) is 10.4. The average molecular weight is 345 g/mol. The van der Waals surface area contributed by atoms with E-state index in [0.29, 0.717) is 17.9 Å². The Morgan fingerprint density at radius 2 is 1.84 bits per heavy atom. The van der Waals surface area contributed by atoms with Gasteiger partial charge >= 0.3 is 5.97 Å². The van der Waals surface area contributed by atoms with Crippen LogP contribution in [0.4, 0.5) is 0 Å². The van der Waals surface area contributed by atoms with Crippen molar-refractivity contribution in [3.8, 4) is 0 Å². The van der Waals surface area contributed by atoms with E-state index in [1.54, 1.807) is 36.4 Å². The molecule has 1 N–H and O–H groups in total. The van der Waals surface area contributed by atoms with E-state index >= 15 is 0 Å². The number of esters is 1. The molecule has 6 nitrogen and oxygen atoms in total. The molecule has 0 bridgehead atoms. The van der Waals surface area contributed by atoms with E-state index in [1.165, 1.54) is 13.2 Å². The summed E-state index contributed by atoms with van der Waals surface area (Å²) in [5.74, 6) is -0.297. The number of ether oxygens (including phenoxy) is 2. The molecule has 1 atom stereocenters. The number of hydrogen-bond donors (Lipinski definition) is 1. The molecule has 0 aliphatic carbocycles. The predicted molar refractivity (Wildman–Crippen MR) is 91.8 cm³/mol. The van der Waals surface area contributed by atoms with E-state index in [9.17, 15) is 9.59 Å². The highest BCUT2D eigenvalue weighted by Crippen LogP contribution is 2.10. The van der Waals surface area contributed by atoms with Crippen molar-refractivity contribution in [3.05, 3.63) is 59.5 Å². The molecule has 134 valence electrons. The normalized spacial score (nSPS) is 12.0. The van der Waals surface area contributed by atoms with Gasteiger partial charge in [-0.05, 0) is 50.6 Å². The molecular formula is C19H23NO5. The van der Waals surface area contributed by atoms with Gasteiger partial charge in [-0.15, -0.1) is 0 Å². The van der Waals surface area contributed by atoms with E-state index in [1.807, 2.05) is 13.8 Å². The van der Waals surface area contributed by atoms with Crippen molar-refractivity contribution in [1.82, 2.24) is 5.32 Å². The molecule has 0 unspecified atom stereocenters. The Morgan fingerprint density at radius 3 is 2.44 bits per heavy atom. The van der Waals surface area contributed by atoms with Crippen LogP contribution in [0.15, 0.2) is 47.1 Å². The summed E-state index contributed by atoms with van der Waals surface area (Å²) in [5.41, 5.74) is 1.36. The molecule has 1 aromatic heterocycles. The third-order valence-electron chi connectivity index (χ3n) is 3.44. The van der Waals surface area contributed by atoms with Crippen LogP contribution in [0.2, 0.25) is 0 Å². The molecule has 1 heterocycles. The zero-order chi connectivity index (χ0) is 18.2. The minimum atomic E-state index is -0.897. The van der Waals surface area contributed by atoms with E-state index in [-0.39, 0.29) is 18.6 Å². The molecule has 25 heavy (non-hydrogen) atoms. The van der Waals surface area contributed by atoms with Crippen LogP contribution in [-0.2, 0) is 27.4 Å². The Morgan fingerprint density at radius 1 is 1.12 bits per heavy atom. The van der Waals surface area contributed by atoms with E-state index < -0.39 is 12.1 Å². The molecule has 0 spiro atoms. The first kappa shape index (κ1) is 18.7. The zero-order valence-electron chi connectivity index (χ0n) is 14.7. The second kappa shape index (κ2) is 9.03. The molecule has 0 saturated heterocycles. The van der Waals surface area contributed by atoms with Crippen molar-refractivity contribution in [1.29, 1.82) is 0 Å². The second-order valence-corrected chi connectivity index (χ2v) is 5.90. The average Bonchev–Trinajstić information content (AvgIpc) is 3.11. The Kier molecular flexibility index (Phi) is 6.77. The van der Waals surface area contributed by atoms with E-state index in [2.05, 4.69) is 5.32 Å². The monoisotopic (exact) mass is 345 g/mol. The first-order chi connectivity index (χ1) is 12.0. The van der Waals surface area contributed by atoms with Crippen LogP contribution in [0.1, 0.15) is 42.5 Å². The summed E-state index contributed by atoms with van der Waals surface area (Å²) in [6.07, 6.45) is 0.775. The van der Waals surface area contributed by atoms with Crippen molar-refractivity contribution in [3.63, 3.8) is 0 Å². The number of amides is 1. The van der Waals surface area contributed by atoms with Gasteiger partial charge in [-0.1, -0.05) is 12.1 Å². The van der Waals surface area contributed by atoms with E-state index in [0.717, 1.165) is 5.56 Å². The van der Waals surface area contributed by atoms with Crippen molar-refractivity contribution in [2.75, 3.05) is 0 Å². The Balaban J connectivity index is 1.82. The van der Waals surface area contributed by atoms with Crippen molar-refractivity contribution < 1.29 is 23.5 Å². The van der Waals surface area contributed by atoms with Crippen LogP contribution in [0.5, 0.6) is 0 Å². The number of rotatable bonds is 8. The molecule has 0 aliphatic rings. The lowest BCUT2D eigenvalue weighted by Gasteiger charge is -2.13. The molecule has 0 saturated carbocycles. The molecule has 2 aromatic rings. The van der Waals surface area contributed by atoms with Gasteiger partial charge in [0.15, 0.2) is 6.10 Å². The smallest absolute Gasteiger partial charge is 0.338 e. The zero-order valence-corrected chi connectivity index (χ0v) is 14.7. The fourth-order valence-electron chi connectivity index (χ4n) is 2.01. The number of carbonyl (C=O) groups excluding carboxylic acids is 2. The van der Waals surface area contributed by atoms with Crippen LogP contribution < -0.4 is 5.32 Å².